The maximum atomic E-state index is 5.75. The summed E-state index contributed by atoms with van der Waals surface area (Å²) in [4.78, 5) is 0. The molecule has 2 rings (SSSR count). The fourth-order valence-electron chi connectivity index (χ4n) is 2.64. The van der Waals surface area contributed by atoms with Crippen molar-refractivity contribution in [1.82, 2.24) is 5.43 Å². The van der Waals surface area contributed by atoms with Crippen LogP contribution in [0.5, 0.6) is 5.75 Å². The van der Waals surface area contributed by atoms with Crippen molar-refractivity contribution in [3.63, 3.8) is 0 Å². The van der Waals surface area contributed by atoms with E-state index in [0.29, 0.717) is 5.11 Å². The van der Waals surface area contributed by atoms with Crippen molar-refractivity contribution >= 4 is 29.2 Å². The van der Waals surface area contributed by atoms with Crippen LogP contribution in [0.15, 0.2) is 47.6 Å². The number of thiocarbonyl (C=S) groups is 1. The van der Waals surface area contributed by atoms with Crippen LogP contribution in [0.1, 0.15) is 49.3 Å². The van der Waals surface area contributed by atoms with Crippen molar-refractivity contribution in [2.24, 2.45) is 5.10 Å². The number of unbranched alkanes of at least 4 members (excludes halogenated alkanes) is 3. The van der Waals surface area contributed by atoms with E-state index in [9.17, 15) is 0 Å². The fourth-order valence-corrected chi connectivity index (χ4v) is 2.80. The molecule has 0 saturated carbocycles. The Kier molecular flexibility index (Phi) is 8.78. The molecule has 2 aromatic carbocycles. The highest BCUT2D eigenvalue weighted by Gasteiger charge is 2.00. The second kappa shape index (κ2) is 11.3. The number of aryl methyl sites for hydroxylation is 2. The second-order valence-electron chi connectivity index (χ2n) is 6.62. The van der Waals surface area contributed by atoms with Gasteiger partial charge in [-0.1, -0.05) is 43.9 Å². The first-order valence-corrected chi connectivity index (χ1v) is 9.89. The minimum Gasteiger partial charge on any atom is -0.494 e. The average molecular weight is 384 g/mol. The van der Waals surface area contributed by atoms with Gasteiger partial charge in [0.15, 0.2) is 5.11 Å². The van der Waals surface area contributed by atoms with Crippen molar-refractivity contribution in [3.8, 4) is 5.75 Å². The normalized spacial score (nSPS) is 10.8. The Balaban J connectivity index is 1.75. The number of nitrogens with one attached hydrogen (secondary N) is 2. The first-order valence-electron chi connectivity index (χ1n) is 9.48. The van der Waals surface area contributed by atoms with Crippen LogP contribution in [0.4, 0.5) is 5.69 Å². The zero-order chi connectivity index (χ0) is 19.5. The average Bonchev–Trinajstić information content (AvgIpc) is 2.65. The van der Waals surface area contributed by atoms with Crippen LogP contribution in [-0.4, -0.2) is 17.9 Å². The Labute approximate surface area is 168 Å². The highest BCUT2D eigenvalue weighted by molar-refractivity contribution is 7.80. The lowest BCUT2D eigenvalue weighted by molar-refractivity contribution is 0.305. The summed E-state index contributed by atoms with van der Waals surface area (Å²) < 4.78 is 5.75. The van der Waals surface area contributed by atoms with Crippen LogP contribution in [0.3, 0.4) is 0 Å². The zero-order valence-electron chi connectivity index (χ0n) is 16.4. The van der Waals surface area contributed by atoms with Crippen LogP contribution < -0.4 is 15.5 Å². The molecule has 0 heterocycles. The summed E-state index contributed by atoms with van der Waals surface area (Å²) in [5.41, 5.74) is 7.18. The predicted octanol–water partition coefficient (Wildman–Crippen LogP) is 5.58. The molecule has 0 spiro atoms. The molecular formula is C22H29N3OS. The second-order valence-corrected chi connectivity index (χ2v) is 7.03. The highest BCUT2D eigenvalue weighted by atomic mass is 32.1. The summed E-state index contributed by atoms with van der Waals surface area (Å²) >= 11 is 5.29. The molecule has 0 amide bonds. The molecule has 0 atom stereocenters. The van der Waals surface area contributed by atoms with Gasteiger partial charge in [-0.25, -0.2) is 0 Å². The van der Waals surface area contributed by atoms with E-state index in [4.69, 9.17) is 17.0 Å². The fraction of sp³-hybridized carbons (Fsp3) is 0.364. The monoisotopic (exact) mass is 383 g/mol. The molecular weight excluding hydrogens is 354 g/mol. The Morgan fingerprint density at radius 2 is 1.85 bits per heavy atom. The molecule has 0 aromatic heterocycles. The highest BCUT2D eigenvalue weighted by Crippen LogP contribution is 2.16. The number of anilines is 1. The maximum absolute atomic E-state index is 5.75. The van der Waals surface area contributed by atoms with E-state index < -0.39 is 0 Å². The van der Waals surface area contributed by atoms with Gasteiger partial charge in [0.1, 0.15) is 5.75 Å². The van der Waals surface area contributed by atoms with Crippen molar-refractivity contribution in [2.75, 3.05) is 11.9 Å². The molecule has 0 bridgehead atoms. The van der Waals surface area contributed by atoms with E-state index >= 15 is 0 Å². The van der Waals surface area contributed by atoms with Gasteiger partial charge >= 0.3 is 0 Å². The molecule has 2 aromatic rings. The van der Waals surface area contributed by atoms with Gasteiger partial charge in [0.2, 0.25) is 0 Å². The zero-order valence-corrected chi connectivity index (χ0v) is 17.2. The van der Waals surface area contributed by atoms with Crippen LogP contribution in [0, 0.1) is 13.8 Å². The van der Waals surface area contributed by atoms with E-state index in [1.807, 2.05) is 30.3 Å². The Hall–Kier alpha value is -2.40. The standard InChI is InChI=1S/C22H29N3OS/c1-4-5-6-7-14-26-20-11-9-19(10-12-20)16-23-25-22(27)24-21-13-8-17(2)15-18(21)3/h8-13,15-16H,4-7,14H2,1-3H3,(H2,24,25,27). The number of benzene rings is 2. The van der Waals surface area contributed by atoms with Crippen molar-refractivity contribution in [3.05, 3.63) is 59.2 Å². The minimum absolute atomic E-state index is 0.463. The van der Waals surface area contributed by atoms with Crippen molar-refractivity contribution in [1.29, 1.82) is 0 Å². The molecule has 27 heavy (non-hydrogen) atoms. The molecule has 0 saturated heterocycles. The topological polar surface area (TPSA) is 45.6 Å². The van der Waals surface area contributed by atoms with Crippen molar-refractivity contribution in [2.45, 2.75) is 46.5 Å². The molecule has 5 heteroatoms. The summed E-state index contributed by atoms with van der Waals surface area (Å²) in [7, 11) is 0. The smallest absolute Gasteiger partial charge is 0.191 e. The van der Waals surface area contributed by atoms with Gasteiger partial charge in [0.25, 0.3) is 0 Å². The lowest BCUT2D eigenvalue weighted by Crippen LogP contribution is -2.24. The van der Waals surface area contributed by atoms with E-state index in [0.717, 1.165) is 35.6 Å². The van der Waals surface area contributed by atoms with Gasteiger partial charge in [0, 0.05) is 5.69 Å². The predicted molar refractivity (Wildman–Crippen MR) is 119 cm³/mol. The maximum Gasteiger partial charge on any atom is 0.191 e. The third kappa shape index (κ3) is 7.79. The lowest BCUT2D eigenvalue weighted by Gasteiger charge is -2.10. The third-order valence-electron chi connectivity index (χ3n) is 4.16. The summed E-state index contributed by atoms with van der Waals surface area (Å²) in [6, 6.07) is 14.1. The molecule has 0 aliphatic heterocycles. The van der Waals surface area contributed by atoms with Gasteiger partial charge in [-0.2, -0.15) is 5.10 Å². The van der Waals surface area contributed by atoms with Gasteiger partial charge in [-0.3, -0.25) is 5.43 Å². The van der Waals surface area contributed by atoms with E-state index in [2.05, 4.69) is 48.7 Å². The molecule has 144 valence electrons. The van der Waals surface area contributed by atoms with E-state index in [1.165, 1.54) is 24.8 Å². The molecule has 0 fully saturated rings. The first-order chi connectivity index (χ1) is 13.1. The molecule has 2 N–H and O–H groups in total. The summed E-state index contributed by atoms with van der Waals surface area (Å²) in [5.74, 6) is 0.892. The third-order valence-corrected chi connectivity index (χ3v) is 4.35. The number of hydrazone groups is 1. The van der Waals surface area contributed by atoms with Crippen LogP contribution in [0.25, 0.3) is 0 Å². The Bertz CT molecular complexity index is 757. The molecule has 0 aliphatic rings. The lowest BCUT2D eigenvalue weighted by atomic mass is 10.1. The quantitative estimate of drug-likeness (QED) is 0.257. The number of hydrogen-bond acceptors (Lipinski definition) is 3. The summed E-state index contributed by atoms with van der Waals surface area (Å²) in [5, 5.41) is 7.81. The summed E-state index contributed by atoms with van der Waals surface area (Å²) in [6.07, 6.45) is 6.58. The molecule has 0 aliphatic carbocycles. The van der Waals surface area contributed by atoms with Crippen LogP contribution in [-0.2, 0) is 0 Å². The summed E-state index contributed by atoms with van der Waals surface area (Å²) in [6.45, 7) is 7.10. The number of ether oxygens (including phenoxy) is 1. The SMILES string of the molecule is CCCCCCOc1ccc(C=NNC(=S)Nc2ccc(C)cc2C)cc1. The number of nitrogens with zero attached hydrogens (tertiary/aromatic N) is 1. The van der Waals surface area contributed by atoms with E-state index in [-0.39, 0.29) is 0 Å². The number of hydrogen-bond donors (Lipinski definition) is 2. The van der Waals surface area contributed by atoms with Crippen LogP contribution >= 0.6 is 12.2 Å². The molecule has 0 unspecified atom stereocenters. The first kappa shape index (κ1) is 20.9. The van der Waals surface area contributed by atoms with Crippen LogP contribution in [0.2, 0.25) is 0 Å². The van der Waals surface area contributed by atoms with Crippen molar-refractivity contribution < 1.29 is 4.74 Å². The number of rotatable bonds is 9. The van der Waals surface area contributed by atoms with Gasteiger partial charge in [-0.15, -0.1) is 0 Å². The Morgan fingerprint density at radius 1 is 1.07 bits per heavy atom. The van der Waals surface area contributed by atoms with Gasteiger partial charge in [-0.05, 0) is 73.9 Å². The largest absolute Gasteiger partial charge is 0.494 e. The van der Waals surface area contributed by atoms with E-state index in [1.54, 1.807) is 6.21 Å². The molecule has 0 radical (unpaired) electrons. The molecule has 4 nitrogen and oxygen atoms in total. The van der Waals surface area contributed by atoms with Gasteiger partial charge in [0.05, 0.1) is 12.8 Å². The Morgan fingerprint density at radius 3 is 2.56 bits per heavy atom. The minimum atomic E-state index is 0.463. The van der Waals surface area contributed by atoms with Gasteiger partial charge < -0.3 is 10.1 Å².